The summed E-state index contributed by atoms with van der Waals surface area (Å²) in [6, 6.07) is 1.42. The first kappa shape index (κ1) is 17.0. The van der Waals surface area contributed by atoms with Crippen LogP contribution in [0.2, 0.25) is 0 Å². The molecule has 1 amide bonds. The minimum atomic E-state index is -0.951. The van der Waals surface area contributed by atoms with E-state index in [1.54, 1.807) is 0 Å². The van der Waals surface area contributed by atoms with Gasteiger partial charge < -0.3 is 10.1 Å². The summed E-state index contributed by atoms with van der Waals surface area (Å²) in [5, 5.41) is 9.77. The Morgan fingerprint density at radius 3 is 2.88 bits per heavy atom. The molecular formula is C17H20BrN3O3S. The number of amides is 1. The van der Waals surface area contributed by atoms with E-state index in [4.69, 9.17) is 0 Å². The number of carbonyl (C=O) groups is 1. The fourth-order valence-electron chi connectivity index (χ4n) is 4.40. The zero-order valence-corrected chi connectivity index (χ0v) is 16.7. The molecule has 3 atom stereocenters. The second-order valence-corrected chi connectivity index (χ2v) is 10.6. The molecule has 1 unspecified atom stereocenters. The Labute approximate surface area is 157 Å². The van der Waals surface area contributed by atoms with E-state index in [0.29, 0.717) is 34.9 Å². The molecule has 1 aliphatic heterocycles. The van der Waals surface area contributed by atoms with Crippen molar-refractivity contribution in [2.45, 2.75) is 39.7 Å². The lowest BCUT2D eigenvalue weighted by atomic mass is 9.73. The van der Waals surface area contributed by atoms with Crippen molar-refractivity contribution >= 4 is 43.6 Å². The smallest absolute Gasteiger partial charge is 0.407 e. The second kappa shape index (κ2) is 5.30. The van der Waals surface area contributed by atoms with Crippen LogP contribution < -0.4 is 5.56 Å². The number of aromatic amines is 1. The summed E-state index contributed by atoms with van der Waals surface area (Å²) in [5.74, 6) is 0.933. The van der Waals surface area contributed by atoms with Crippen molar-refractivity contribution in [3.8, 4) is 0 Å². The molecule has 0 spiro atoms. The first-order valence-electron chi connectivity index (χ1n) is 8.31. The molecule has 0 aromatic carbocycles. The van der Waals surface area contributed by atoms with Gasteiger partial charge in [-0.15, -0.1) is 11.3 Å². The van der Waals surface area contributed by atoms with Gasteiger partial charge >= 0.3 is 6.09 Å². The Hall–Kier alpha value is -1.41. The molecule has 3 heterocycles. The van der Waals surface area contributed by atoms with Crippen molar-refractivity contribution in [3.05, 3.63) is 26.0 Å². The summed E-state index contributed by atoms with van der Waals surface area (Å²) >= 11 is 4.71. The van der Waals surface area contributed by atoms with E-state index in [9.17, 15) is 14.7 Å². The first-order valence-corrected chi connectivity index (χ1v) is 9.92. The molecule has 2 N–H and O–H groups in total. The lowest BCUT2D eigenvalue weighted by Crippen LogP contribution is -2.47. The van der Waals surface area contributed by atoms with Gasteiger partial charge in [0.25, 0.3) is 5.56 Å². The SMILES string of the molecule is CC(C)(C)[C@@]12C[C@@H]1CC(c1nc3cc(Br)sc3c(=O)[nH]1)N(C(=O)O)C2. The number of nitrogens with zero attached hydrogens (tertiary/aromatic N) is 2. The maximum atomic E-state index is 12.4. The minimum absolute atomic E-state index is 0.0394. The molecule has 0 radical (unpaired) electrons. The van der Waals surface area contributed by atoms with Gasteiger partial charge in [0, 0.05) is 6.54 Å². The van der Waals surface area contributed by atoms with Crippen LogP contribution in [0.5, 0.6) is 0 Å². The maximum absolute atomic E-state index is 12.4. The molecule has 2 fully saturated rings. The quantitative estimate of drug-likeness (QED) is 0.715. The largest absolute Gasteiger partial charge is 0.465 e. The summed E-state index contributed by atoms with van der Waals surface area (Å²) in [6.45, 7) is 7.05. The monoisotopic (exact) mass is 425 g/mol. The predicted molar refractivity (Wildman–Crippen MR) is 100 cm³/mol. The lowest BCUT2D eigenvalue weighted by Gasteiger charge is -2.43. The van der Waals surface area contributed by atoms with Gasteiger partial charge in [-0.3, -0.25) is 9.69 Å². The van der Waals surface area contributed by atoms with Gasteiger partial charge in [0.1, 0.15) is 10.5 Å². The highest BCUT2D eigenvalue weighted by atomic mass is 79.9. The number of nitrogens with one attached hydrogen (secondary N) is 1. The normalized spacial score (nSPS) is 28.9. The van der Waals surface area contributed by atoms with Crippen molar-refractivity contribution in [1.82, 2.24) is 14.9 Å². The Kier molecular flexibility index (Phi) is 3.61. The average Bonchev–Trinajstić information content (AvgIpc) is 3.13. The van der Waals surface area contributed by atoms with E-state index in [1.165, 1.54) is 16.2 Å². The van der Waals surface area contributed by atoms with Gasteiger partial charge in [-0.1, -0.05) is 20.8 Å². The number of fused-ring (bicyclic) bond motifs is 2. The van der Waals surface area contributed by atoms with E-state index in [-0.39, 0.29) is 16.4 Å². The van der Waals surface area contributed by atoms with Crippen molar-refractivity contribution < 1.29 is 9.90 Å². The topological polar surface area (TPSA) is 86.3 Å². The molecule has 2 aliphatic rings. The number of likely N-dealkylation sites (tertiary alicyclic amines) is 1. The van der Waals surface area contributed by atoms with Crippen molar-refractivity contribution in [2.75, 3.05) is 6.54 Å². The molecule has 1 saturated heterocycles. The average molecular weight is 426 g/mol. The van der Waals surface area contributed by atoms with Crippen LogP contribution in [0.4, 0.5) is 4.79 Å². The second-order valence-electron chi connectivity index (χ2n) is 8.19. The zero-order valence-electron chi connectivity index (χ0n) is 14.3. The number of H-pyrrole nitrogens is 1. The predicted octanol–water partition coefficient (Wildman–Crippen LogP) is 4.22. The summed E-state index contributed by atoms with van der Waals surface area (Å²) in [5.41, 5.74) is 0.505. The van der Waals surface area contributed by atoms with Crippen LogP contribution in [0.15, 0.2) is 14.6 Å². The van der Waals surface area contributed by atoms with E-state index in [2.05, 4.69) is 46.7 Å². The molecule has 6 nitrogen and oxygen atoms in total. The minimum Gasteiger partial charge on any atom is -0.465 e. The number of hydrogen-bond acceptors (Lipinski definition) is 4. The summed E-state index contributed by atoms with van der Waals surface area (Å²) in [4.78, 5) is 33.2. The third kappa shape index (κ3) is 2.52. The number of hydrogen-bond donors (Lipinski definition) is 2. The molecule has 25 heavy (non-hydrogen) atoms. The van der Waals surface area contributed by atoms with E-state index in [1.807, 2.05) is 6.07 Å². The Balaban J connectivity index is 1.75. The Morgan fingerprint density at radius 2 is 2.24 bits per heavy atom. The third-order valence-electron chi connectivity index (χ3n) is 5.99. The van der Waals surface area contributed by atoms with Crippen molar-refractivity contribution in [2.24, 2.45) is 16.7 Å². The van der Waals surface area contributed by atoms with E-state index in [0.717, 1.165) is 10.2 Å². The zero-order chi connectivity index (χ0) is 18.1. The molecule has 0 bridgehead atoms. The summed E-state index contributed by atoms with van der Waals surface area (Å²) in [6.07, 6.45) is 0.796. The van der Waals surface area contributed by atoms with Crippen molar-refractivity contribution in [1.29, 1.82) is 0 Å². The highest BCUT2D eigenvalue weighted by Gasteiger charge is 2.65. The van der Waals surface area contributed by atoms with E-state index >= 15 is 0 Å². The molecule has 8 heteroatoms. The third-order valence-corrected chi connectivity index (χ3v) is 7.62. The van der Waals surface area contributed by atoms with Crippen LogP contribution >= 0.6 is 27.3 Å². The van der Waals surface area contributed by atoms with Gasteiger partial charge in [-0.05, 0) is 51.6 Å². The Morgan fingerprint density at radius 1 is 1.52 bits per heavy atom. The lowest BCUT2D eigenvalue weighted by molar-refractivity contribution is 0.0399. The van der Waals surface area contributed by atoms with E-state index < -0.39 is 12.1 Å². The molecule has 2 aromatic heterocycles. The summed E-state index contributed by atoms with van der Waals surface area (Å²) < 4.78 is 1.40. The van der Waals surface area contributed by atoms with Crippen molar-refractivity contribution in [3.63, 3.8) is 0 Å². The number of rotatable bonds is 1. The first-order chi connectivity index (χ1) is 11.6. The molecular weight excluding hydrogens is 406 g/mol. The molecule has 2 aromatic rings. The number of aromatic nitrogens is 2. The number of thiophene rings is 1. The fourth-order valence-corrected chi connectivity index (χ4v) is 5.82. The van der Waals surface area contributed by atoms with Crippen LogP contribution in [0.25, 0.3) is 10.2 Å². The van der Waals surface area contributed by atoms with Gasteiger partial charge in [-0.25, -0.2) is 9.78 Å². The van der Waals surface area contributed by atoms with Crippen LogP contribution in [-0.2, 0) is 0 Å². The van der Waals surface area contributed by atoms with Gasteiger partial charge in [0.05, 0.1) is 15.3 Å². The van der Waals surface area contributed by atoms with Crippen LogP contribution in [0.3, 0.4) is 0 Å². The van der Waals surface area contributed by atoms with Crippen LogP contribution in [0.1, 0.15) is 45.5 Å². The van der Waals surface area contributed by atoms with Gasteiger partial charge in [0.15, 0.2) is 0 Å². The highest BCUT2D eigenvalue weighted by Crippen LogP contribution is 2.68. The van der Waals surface area contributed by atoms with Gasteiger partial charge in [-0.2, -0.15) is 0 Å². The summed E-state index contributed by atoms with van der Waals surface area (Å²) in [7, 11) is 0. The number of halogens is 1. The van der Waals surface area contributed by atoms with Crippen LogP contribution in [-0.4, -0.2) is 32.6 Å². The molecule has 1 saturated carbocycles. The van der Waals surface area contributed by atoms with Crippen LogP contribution in [0, 0.1) is 16.7 Å². The maximum Gasteiger partial charge on any atom is 0.407 e. The molecule has 1 aliphatic carbocycles. The van der Waals surface area contributed by atoms with Gasteiger partial charge in [0.2, 0.25) is 0 Å². The standard InChI is InChI=1S/C17H20BrN3O3S/c1-16(2,3)17-6-8(17)4-10(21(7-17)15(23)24)13-19-9-5-11(18)25-12(9)14(22)20-13/h5,8,10H,4,6-7H2,1-3H3,(H,23,24)(H,19,20,22)/t8-,10?,17+/m0/s1. The highest BCUT2D eigenvalue weighted by molar-refractivity contribution is 9.11. The Bertz CT molecular complexity index is 931. The fraction of sp³-hybridized carbons (Fsp3) is 0.588. The molecule has 134 valence electrons. The number of carboxylic acid groups (broad SMARTS) is 1. The number of piperidine rings is 1. The molecule has 4 rings (SSSR count).